The summed E-state index contributed by atoms with van der Waals surface area (Å²) in [6.45, 7) is 1.03. The monoisotopic (exact) mass is 354 g/mol. The van der Waals surface area contributed by atoms with Gasteiger partial charge < -0.3 is 15.3 Å². The number of aliphatic hydroxyl groups is 1. The minimum absolute atomic E-state index is 0.180. The van der Waals surface area contributed by atoms with Gasteiger partial charge in [0.1, 0.15) is 6.04 Å². The number of carbonyl (C=O) groups is 2. The van der Waals surface area contributed by atoms with Crippen LogP contribution in [0, 0.1) is 0 Å². The van der Waals surface area contributed by atoms with E-state index in [-0.39, 0.29) is 24.8 Å². The highest BCUT2D eigenvalue weighted by Gasteiger charge is 2.26. The minimum Gasteiger partial charge on any atom is -0.394 e. The average Bonchev–Trinajstić information content (AvgIpc) is 2.95. The van der Waals surface area contributed by atoms with Gasteiger partial charge in [0.2, 0.25) is 11.8 Å². The zero-order chi connectivity index (χ0) is 18.4. The van der Waals surface area contributed by atoms with Gasteiger partial charge in [-0.1, -0.05) is 55.3 Å². The first-order chi connectivity index (χ1) is 12.7. The van der Waals surface area contributed by atoms with E-state index in [9.17, 15) is 14.7 Å². The van der Waals surface area contributed by atoms with Gasteiger partial charge in [-0.3, -0.25) is 9.59 Å². The smallest absolute Gasteiger partial charge is 0.247 e. The minimum atomic E-state index is -0.865. The van der Waals surface area contributed by atoms with Gasteiger partial charge in [0.15, 0.2) is 0 Å². The van der Waals surface area contributed by atoms with E-state index in [1.54, 1.807) is 4.90 Å². The molecule has 1 aliphatic heterocycles. The molecule has 1 heterocycles. The zero-order valence-corrected chi connectivity index (χ0v) is 15.0. The number of benzene rings is 2. The second kappa shape index (κ2) is 8.81. The maximum absolute atomic E-state index is 12.6. The summed E-state index contributed by atoms with van der Waals surface area (Å²) in [5.41, 5.74) is 0.916. The number of hydrogen-bond donors (Lipinski definition) is 2. The molecule has 26 heavy (non-hydrogen) atoms. The van der Waals surface area contributed by atoms with Crippen molar-refractivity contribution in [3.05, 3.63) is 48.0 Å². The topological polar surface area (TPSA) is 69.6 Å². The normalized spacial score (nSPS) is 16.1. The van der Waals surface area contributed by atoms with Gasteiger partial charge in [0.25, 0.3) is 0 Å². The third-order valence-corrected chi connectivity index (χ3v) is 4.96. The van der Waals surface area contributed by atoms with Crippen LogP contribution in [0.5, 0.6) is 0 Å². The van der Waals surface area contributed by atoms with Crippen LogP contribution in [-0.4, -0.2) is 47.6 Å². The fourth-order valence-corrected chi connectivity index (χ4v) is 3.56. The summed E-state index contributed by atoms with van der Waals surface area (Å²) in [5.74, 6) is -0.427. The van der Waals surface area contributed by atoms with Crippen molar-refractivity contribution in [1.29, 1.82) is 0 Å². The molecule has 1 aliphatic rings. The molecule has 3 rings (SSSR count). The Morgan fingerprint density at radius 3 is 2.42 bits per heavy atom. The fourth-order valence-electron chi connectivity index (χ4n) is 3.56. The second-order valence-electron chi connectivity index (χ2n) is 6.86. The number of fused-ring (bicyclic) bond motifs is 1. The van der Waals surface area contributed by atoms with Gasteiger partial charge in [-0.05, 0) is 29.2 Å². The highest BCUT2D eigenvalue weighted by Crippen LogP contribution is 2.19. The molecule has 0 radical (unpaired) electrons. The lowest BCUT2D eigenvalue weighted by Gasteiger charge is -2.25. The van der Waals surface area contributed by atoms with Crippen molar-refractivity contribution >= 4 is 22.6 Å². The molecule has 2 aromatic rings. The average molecular weight is 354 g/mol. The lowest BCUT2D eigenvalue weighted by molar-refractivity contribution is -0.137. The summed E-state index contributed by atoms with van der Waals surface area (Å²) in [6.07, 6.45) is 4.40. The maximum atomic E-state index is 12.6. The van der Waals surface area contributed by atoms with Crippen LogP contribution in [0.2, 0.25) is 0 Å². The van der Waals surface area contributed by atoms with E-state index in [1.165, 1.54) is 0 Å². The van der Waals surface area contributed by atoms with Crippen LogP contribution in [0.25, 0.3) is 10.8 Å². The molecule has 2 aromatic carbocycles. The van der Waals surface area contributed by atoms with E-state index < -0.39 is 6.04 Å². The van der Waals surface area contributed by atoms with Crippen LogP contribution >= 0.6 is 0 Å². The van der Waals surface area contributed by atoms with Gasteiger partial charge in [-0.15, -0.1) is 0 Å². The number of nitrogens with one attached hydrogen (secondary N) is 1. The Balaban J connectivity index is 1.66. The lowest BCUT2D eigenvalue weighted by atomic mass is 10.0. The number of hydrogen-bond acceptors (Lipinski definition) is 3. The number of aliphatic hydroxyl groups excluding tert-OH is 1. The van der Waals surface area contributed by atoms with Gasteiger partial charge in [-0.2, -0.15) is 0 Å². The Morgan fingerprint density at radius 1 is 1.00 bits per heavy atom. The number of likely N-dealkylation sites (tertiary alicyclic amines) is 1. The molecule has 5 nitrogen and oxygen atoms in total. The van der Waals surface area contributed by atoms with Gasteiger partial charge in [0, 0.05) is 13.1 Å². The van der Waals surface area contributed by atoms with Crippen molar-refractivity contribution < 1.29 is 14.7 Å². The van der Waals surface area contributed by atoms with E-state index in [2.05, 4.69) is 5.32 Å². The highest BCUT2D eigenvalue weighted by atomic mass is 16.3. The van der Waals surface area contributed by atoms with E-state index in [0.29, 0.717) is 13.1 Å². The zero-order valence-electron chi connectivity index (χ0n) is 15.0. The van der Waals surface area contributed by atoms with Crippen molar-refractivity contribution in [2.75, 3.05) is 19.7 Å². The first-order valence-corrected chi connectivity index (χ1v) is 9.34. The van der Waals surface area contributed by atoms with Gasteiger partial charge in [-0.25, -0.2) is 0 Å². The van der Waals surface area contributed by atoms with Crippen molar-refractivity contribution in [3.8, 4) is 0 Å². The van der Waals surface area contributed by atoms with Crippen LogP contribution < -0.4 is 5.32 Å². The highest BCUT2D eigenvalue weighted by molar-refractivity contribution is 5.92. The molecule has 5 heteroatoms. The van der Waals surface area contributed by atoms with Crippen LogP contribution in [0.15, 0.2) is 42.5 Å². The molecule has 0 aromatic heterocycles. The Kier molecular flexibility index (Phi) is 6.23. The summed E-state index contributed by atoms with van der Waals surface area (Å²) in [7, 11) is 0. The first-order valence-electron chi connectivity index (χ1n) is 9.34. The summed E-state index contributed by atoms with van der Waals surface area (Å²) < 4.78 is 0. The van der Waals surface area contributed by atoms with Crippen LogP contribution in [0.3, 0.4) is 0 Å². The largest absolute Gasteiger partial charge is 0.394 e. The Labute approximate surface area is 154 Å². The summed E-state index contributed by atoms with van der Waals surface area (Å²) in [6, 6.07) is 12.9. The van der Waals surface area contributed by atoms with Gasteiger partial charge >= 0.3 is 0 Å². The maximum Gasteiger partial charge on any atom is 0.247 e. The molecule has 1 atom stereocenters. The molecular weight excluding hydrogens is 328 g/mol. The number of rotatable bonds is 5. The van der Waals surface area contributed by atoms with E-state index in [0.717, 1.165) is 42.0 Å². The molecule has 0 saturated carbocycles. The molecule has 138 valence electrons. The predicted molar refractivity (Wildman–Crippen MR) is 102 cm³/mol. The molecule has 1 fully saturated rings. The summed E-state index contributed by atoms with van der Waals surface area (Å²) >= 11 is 0. The molecule has 0 aliphatic carbocycles. The fraction of sp³-hybridized carbons (Fsp3) is 0.429. The van der Waals surface area contributed by atoms with E-state index in [4.69, 9.17) is 0 Å². The number of carbonyl (C=O) groups excluding carboxylic acids is 2. The quantitative estimate of drug-likeness (QED) is 0.865. The van der Waals surface area contributed by atoms with E-state index in [1.807, 2.05) is 42.5 Å². The molecule has 1 saturated heterocycles. The van der Waals surface area contributed by atoms with Crippen LogP contribution in [0.4, 0.5) is 0 Å². The number of amides is 2. The third-order valence-electron chi connectivity index (χ3n) is 4.96. The standard InChI is InChI=1S/C21H26N2O3/c24-15-19(21(26)23-12-5-1-2-6-13-23)22-20(25)14-17-10-7-9-16-8-3-4-11-18(16)17/h3-4,7-11,19,24H,1-2,5-6,12-15H2,(H,22,25). The predicted octanol–water partition coefficient (Wildman–Crippen LogP) is 2.26. The van der Waals surface area contributed by atoms with Gasteiger partial charge in [0.05, 0.1) is 13.0 Å². The molecule has 2 N–H and O–H groups in total. The Morgan fingerprint density at radius 2 is 1.69 bits per heavy atom. The van der Waals surface area contributed by atoms with Crippen molar-refractivity contribution in [3.63, 3.8) is 0 Å². The van der Waals surface area contributed by atoms with Crippen molar-refractivity contribution in [1.82, 2.24) is 10.2 Å². The van der Waals surface area contributed by atoms with Crippen molar-refractivity contribution in [2.24, 2.45) is 0 Å². The molecular formula is C21H26N2O3. The molecule has 1 unspecified atom stereocenters. The molecule has 0 spiro atoms. The third kappa shape index (κ3) is 4.41. The SMILES string of the molecule is O=C(Cc1cccc2ccccc12)NC(CO)C(=O)N1CCCCCC1. The number of nitrogens with zero attached hydrogens (tertiary/aromatic N) is 1. The van der Waals surface area contributed by atoms with Crippen LogP contribution in [0.1, 0.15) is 31.2 Å². The summed E-state index contributed by atoms with van der Waals surface area (Å²) in [4.78, 5) is 26.9. The summed E-state index contributed by atoms with van der Waals surface area (Å²) in [5, 5.41) is 14.5. The Bertz CT molecular complexity index is 761. The van der Waals surface area contributed by atoms with Crippen molar-refractivity contribution in [2.45, 2.75) is 38.1 Å². The molecule has 2 amide bonds. The first kappa shape index (κ1) is 18.4. The van der Waals surface area contributed by atoms with E-state index >= 15 is 0 Å². The second-order valence-corrected chi connectivity index (χ2v) is 6.86. The molecule has 0 bridgehead atoms. The Hall–Kier alpha value is -2.40. The lowest BCUT2D eigenvalue weighted by Crippen LogP contribution is -2.51. The van der Waals surface area contributed by atoms with Crippen LogP contribution in [-0.2, 0) is 16.0 Å².